The van der Waals surface area contributed by atoms with Crippen molar-refractivity contribution in [1.82, 2.24) is 10.3 Å². The first-order valence-electron chi connectivity index (χ1n) is 8.44. The van der Waals surface area contributed by atoms with Crippen LogP contribution in [0.25, 0.3) is 10.6 Å². The van der Waals surface area contributed by atoms with Gasteiger partial charge in [0.25, 0.3) is 0 Å². The minimum atomic E-state index is 0.288. The fourth-order valence-electron chi connectivity index (χ4n) is 2.90. The Morgan fingerprint density at radius 3 is 2.81 bits per heavy atom. The molecule has 3 aromatic rings. The lowest BCUT2D eigenvalue weighted by Crippen LogP contribution is -2.14. The molecule has 0 saturated carbocycles. The third-order valence-corrected chi connectivity index (χ3v) is 5.15. The predicted octanol–water partition coefficient (Wildman–Crippen LogP) is 3.98. The first-order chi connectivity index (χ1) is 12.8. The predicted molar refractivity (Wildman–Crippen MR) is 101 cm³/mol. The molecule has 1 aromatic heterocycles. The maximum absolute atomic E-state index is 5.44. The quantitative estimate of drug-likeness (QED) is 0.684. The summed E-state index contributed by atoms with van der Waals surface area (Å²) in [7, 11) is 1.72. The average molecular weight is 368 g/mol. The molecule has 0 spiro atoms. The Morgan fingerprint density at radius 1 is 1.08 bits per heavy atom. The van der Waals surface area contributed by atoms with Gasteiger partial charge in [-0.1, -0.05) is 24.3 Å². The topological polar surface area (TPSA) is 52.6 Å². The summed E-state index contributed by atoms with van der Waals surface area (Å²) in [6, 6.07) is 14.3. The monoisotopic (exact) mass is 368 g/mol. The van der Waals surface area contributed by atoms with E-state index in [0.717, 1.165) is 40.9 Å². The van der Waals surface area contributed by atoms with Gasteiger partial charge in [0.15, 0.2) is 11.5 Å². The normalized spacial score (nSPS) is 12.5. The molecule has 0 radical (unpaired) electrons. The van der Waals surface area contributed by atoms with E-state index in [4.69, 9.17) is 19.2 Å². The van der Waals surface area contributed by atoms with Gasteiger partial charge in [0.2, 0.25) is 6.79 Å². The highest BCUT2D eigenvalue weighted by Gasteiger charge is 2.15. The third-order valence-electron chi connectivity index (χ3n) is 4.21. The fraction of sp³-hybridized carbons (Fsp3) is 0.250. The molecule has 0 unspecified atom stereocenters. The molecule has 1 aliphatic heterocycles. The molecule has 0 bridgehead atoms. The summed E-state index contributed by atoms with van der Waals surface area (Å²) in [6.45, 7) is 2.43. The molecule has 0 amide bonds. The first-order valence-corrected chi connectivity index (χ1v) is 9.32. The summed E-state index contributed by atoms with van der Waals surface area (Å²) in [5.41, 5.74) is 4.55. The van der Waals surface area contributed by atoms with Gasteiger partial charge in [0, 0.05) is 31.1 Å². The number of ether oxygens (including phenoxy) is 3. The summed E-state index contributed by atoms with van der Waals surface area (Å²) in [4.78, 5) is 4.73. The summed E-state index contributed by atoms with van der Waals surface area (Å²) < 4.78 is 16.1. The van der Waals surface area contributed by atoms with Crippen LogP contribution >= 0.6 is 11.3 Å². The highest BCUT2D eigenvalue weighted by Crippen LogP contribution is 2.36. The van der Waals surface area contributed by atoms with Crippen LogP contribution in [-0.4, -0.2) is 18.9 Å². The molecule has 1 N–H and O–H groups in total. The Hall–Kier alpha value is -2.41. The van der Waals surface area contributed by atoms with E-state index >= 15 is 0 Å². The minimum absolute atomic E-state index is 0.288. The Morgan fingerprint density at radius 2 is 1.92 bits per heavy atom. The lowest BCUT2D eigenvalue weighted by Gasteiger charge is -2.09. The molecule has 0 atom stereocenters. The summed E-state index contributed by atoms with van der Waals surface area (Å²) in [5.74, 6) is 1.58. The second kappa shape index (κ2) is 7.86. The van der Waals surface area contributed by atoms with E-state index in [1.807, 2.05) is 24.3 Å². The lowest BCUT2D eigenvalue weighted by atomic mass is 10.1. The van der Waals surface area contributed by atoms with Crippen LogP contribution < -0.4 is 14.8 Å². The second-order valence-corrected chi connectivity index (χ2v) is 6.88. The standard InChI is InChI=1S/C20H20N2O3S/c1-23-11-16-5-3-2-4-15(16)9-21-10-17-12-26-20(22-17)14-6-7-18-19(8-14)25-13-24-18/h2-8,12,21H,9-11,13H2,1H3. The van der Waals surface area contributed by atoms with Crippen LogP contribution in [0.3, 0.4) is 0 Å². The molecule has 6 heteroatoms. The number of fused-ring (bicyclic) bond motifs is 1. The smallest absolute Gasteiger partial charge is 0.231 e. The van der Waals surface area contributed by atoms with Crippen molar-refractivity contribution in [3.8, 4) is 22.1 Å². The SMILES string of the molecule is COCc1ccccc1CNCc1csc(-c2ccc3c(c2)OCO3)n1. The Kier molecular flexibility index (Phi) is 5.15. The van der Waals surface area contributed by atoms with Crippen molar-refractivity contribution in [1.29, 1.82) is 0 Å². The van der Waals surface area contributed by atoms with Crippen molar-refractivity contribution in [2.75, 3.05) is 13.9 Å². The van der Waals surface area contributed by atoms with Crippen LogP contribution in [0.15, 0.2) is 47.8 Å². The zero-order valence-electron chi connectivity index (χ0n) is 14.5. The van der Waals surface area contributed by atoms with Crippen molar-refractivity contribution in [2.24, 2.45) is 0 Å². The van der Waals surface area contributed by atoms with Gasteiger partial charge >= 0.3 is 0 Å². The fourth-order valence-corrected chi connectivity index (χ4v) is 3.72. The van der Waals surface area contributed by atoms with Crippen molar-refractivity contribution in [2.45, 2.75) is 19.7 Å². The zero-order valence-corrected chi connectivity index (χ0v) is 15.3. The van der Waals surface area contributed by atoms with E-state index in [1.54, 1.807) is 18.4 Å². The number of hydrogen-bond acceptors (Lipinski definition) is 6. The molecule has 2 heterocycles. The highest BCUT2D eigenvalue weighted by molar-refractivity contribution is 7.13. The number of benzene rings is 2. The molecule has 4 rings (SSSR count). The number of nitrogens with zero attached hydrogens (tertiary/aromatic N) is 1. The van der Waals surface area contributed by atoms with Crippen LogP contribution in [0.4, 0.5) is 0 Å². The number of aromatic nitrogens is 1. The molecule has 26 heavy (non-hydrogen) atoms. The number of thiazole rings is 1. The van der Waals surface area contributed by atoms with Crippen molar-refractivity contribution in [3.05, 3.63) is 64.7 Å². The molecule has 0 aliphatic carbocycles. The molecule has 1 aliphatic rings. The van der Waals surface area contributed by atoms with Gasteiger partial charge in [0.05, 0.1) is 12.3 Å². The van der Waals surface area contributed by atoms with Gasteiger partial charge in [0.1, 0.15) is 5.01 Å². The van der Waals surface area contributed by atoms with E-state index in [2.05, 4.69) is 28.9 Å². The van der Waals surface area contributed by atoms with Gasteiger partial charge in [-0.3, -0.25) is 0 Å². The van der Waals surface area contributed by atoms with Gasteiger partial charge in [-0.2, -0.15) is 0 Å². The van der Waals surface area contributed by atoms with E-state index in [9.17, 15) is 0 Å². The van der Waals surface area contributed by atoms with Gasteiger partial charge in [-0.25, -0.2) is 4.98 Å². The summed E-state index contributed by atoms with van der Waals surface area (Å²) >= 11 is 1.64. The third kappa shape index (κ3) is 3.72. The Balaban J connectivity index is 1.38. The maximum atomic E-state index is 5.44. The van der Waals surface area contributed by atoms with Crippen molar-refractivity contribution < 1.29 is 14.2 Å². The van der Waals surface area contributed by atoms with Gasteiger partial charge in [-0.05, 0) is 29.3 Å². The van der Waals surface area contributed by atoms with Gasteiger partial charge in [-0.15, -0.1) is 11.3 Å². The summed E-state index contributed by atoms with van der Waals surface area (Å²) in [6.07, 6.45) is 0. The summed E-state index contributed by atoms with van der Waals surface area (Å²) in [5, 5.41) is 6.54. The molecular formula is C20H20N2O3S. The lowest BCUT2D eigenvalue weighted by molar-refractivity contribution is 0.174. The first kappa shape index (κ1) is 17.0. The van der Waals surface area contributed by atoms with Crippen molar-refractivity contribution >= 4 is 11.3 Å². The average Bonchev–Trinajstić information content (AvgIpc) is 3.32. The Bertz CT molecular complexity index is 894. The molecular weight excluding hydrogens is 348 g/mol. The molecule has 134 valence electrons. The van der Waals surface area contributed by atoms with E-state index < -0.39 is 0 Å². The van der Waals surface area contributed by atoms with Crippen LogP contribution in [0.1, 0.15) is 16.8 Å². The number of hydrogen-bond donors (Lipinski definition) is 1. The molecule has 5 nitrogen and oxygen atoms in total. The van der Waals surface area contributed by atoms with Crippen LogP contribution in [0.5, 0.6) is 11.5 Å². The van der Waals surface area contributed by atoms with E-state index in [-0.39, 0.29) is 6.79 Å². The highest BCUT2D eigenvalue weighted by atomic mass is 32.1. The molecule has 0 fully saturated rings. The van der Waals surface area contributed by atoms with Crippen molar-refractivity contribution in [3.63, 3.8) is 0 Å². The number of nitrogens with one attached hydrogen (secondary N) is 1. The molecule has 2 aromatic carbocycles. The van der Waals surface area contributed by atoms with Crippen LogP contribution in [-0.2, 0) is 24.4 Å². The Labute approximate surface area is 156 Å². The van der Waals surface area contributed by atoms with E-state index in [1.165, 1.54) is 11.1 Å². The second-order valence-electron chi connectivity index (χ2n) is 6.02. The van der Waals surface area contributed by atoms with E-state index in [0.29, 0.717) is 6.61 Å². The maximum Gasteiger partial charge on any atom is 0.231 e. The number of methoxy groups -OCH3 is 1. The molecule has 0 saturated heterocycles. The van der Waals surface area contributed by atoms with Crippen LogP contribution in [0.2, 0.25) is 0 Å². The minimum Gasteiger partial charge on any atom is -0.454 e. The largest absolute Gasteiger partial charge is 0.454 e. The number of rotatable bonds is 7. The zero-order chi connectivity index (χ0) is 17.8. The van der Waals surface area contributed by atoms with Crippen LogP contribution in [0, 0.1) is 0 Å². The van der Waals surface area contributed by atoms with Gasteiger partial charge < -0.3 is 19.5 Å².